The monoisotopic (exact) mass is 306 g/mol. The first-order chi connectivity index (χ1) is 10.5. The second kappa shape index (κ2) is 9.82. The molecule has 1 rings (SSSR count). The fourth-order valence-corrected chi connectivity index (χ4v) is 1.96. The van der Waals surface area contributed by atoms with Gasteiger partial charge in [-0.3, -0.25) is 9.59 Å². The Balaban J connectivity index is 2.21. The third-order valence-electron chi connectivity index (χ3n) is 2.96. The Kier molecular flexibility index (Phi) is 8.04. The van der Waals surface area contributed by atoms with E-state index >= 15 is 0 Å². The Morgan fingerprint density at radius 3 is 2.18 bits per heavy atom. The van der Waals surface area contributed by atoms with Gasteiger partial charge in [-0.05, 0) is 30.5 Å². The predicted molar refractivity (Wildman–Crippen MR) is 86.8 cm³/mol. The van der Waals surface area contributed by atoms with Crippen LogP contribution in [0.5, 0.6) is 5.75 Å². The highest BCUT2D eigenvalue weighted by atomic mass is 16.5. The smallest absolute Gasteiger partial charge is 0.224 e. The van der Waals surface area contributed by atoms with E-state index in [2.05, 4.69) is 10.6 Å². The SMILES string of the molecule is CCOc1ccc(CC(=O)NCCNC(=O)CC(C)C)cc1. The maximum atomic E-state index is 11.8. The third-order valence-corrected chi connectivity index (χ3v) is 2.96. The van der Waals surface area contributed by atoms with Crippen LogP contribution in [0.4, 0.5) is 0 Å². The van der Waals surface area contributed by atoms with Gasteiger partial charge in [0.1, 0.15) is 5.75 Å². The second-order valence-corrected chi connectivity index (χ2v) is 5.55. The molecule has 0 aliphatic carbocycles. The minimum Gasteiger partial charge on any atom is -0.494 e. The molecular formula is C17H26N2O3. The number of ether oxygens (including phenoxy) is 1. The maximum Gasteiger partial charge on any atom is 0.224 e. The van der Waals surface area contributed by atoms with E-state index in [1.165, 1.54) is 0 Å². The van der Waals surface area contributed by atoms with E-state index in [1.807, 2.05) is 45.0 Å². The average Bonchev–Trinajstić information content (AvgIpc) is 2.45. The quantitative estimate of drug-likeness (QED) is 0.685. The molecule has 0 bridgehead atoms. The van der Waals surface area contributed by atoms with Crippen LogP contribution in [0.15, 0.2) is 24.3 Å². The van der Waals surface area contributed by atoms with E-state index < -0.39 is 0 Å². The lowest BCUT2D eigenvalue weighted by Gasteiger charge is -2.09. The summed E-state index contributed by atoms with van der Waals surface area (Å²) in [6.45, 7) is 7.46. The summed E-state index contributed by atoms with van der Waals surface area (Å²) in [7, 11) is 0. The molecule has 2 N–H and O–H groups in total. The van der Waals surface area contributed by atoms with Crippen LogP contribution in [0.1, 0.15) is 32.8 Å². The predicted octanol–water partition coefficient (Wildman–Crippen LogP) is 1.91. The van der Waals surface area contributed by atoms with Gasteiger partial charge in [-0.1, -0.05) is 26.0 Å². The van der Waals surface area contributed by atoms with E-state index in [0.29, 0.717) is 38.5 Å². The standard InChI is InChI=1S/C17H26N2O3/c1-4-22-15-7-5-14(6-8-15)12-17(21)19-10-9-18-16(20)11-13(2)3/h5-8,13H,4,9-12H2,1-3H3,(H,18,20)(H,19,21). The second-order valence-electron chi connectivity index (χ2n) is 5.55. The summed E-state index contributed by atoms with van der Waals surface area (Å²) in [4.78, 5) is 23.2. The molecule has 0 aliphatic heterocycles. The highest BCUT2D eigenvalue weighted by molar-refractivity contribution is 5.79. The minimum atomic E-state index is -0.0535. The first-order valence-corrected chi connectivity index (χ1v) is 7.76. The molecule has 5 heteroatoms. The largest absolute Gasteiger partial charge is 0.494 e. The Labute approximate surface area is 132 Å². The molecule has 22 heavy (non-hydrogen) atoms. The van der Waals surface area contributed by atoms with Gasteiger partial charge < -0.3 is 15.4 Å². The maximum absolute atomic E-state index is 11.8. The first kappa shape index (κ1) is 18.0. The van der Waals surface area contributed by atoms with Crippen molar-refractivity contribution in [2.45, 2.75) is 33.6 Å². The molecule has 0 aliphatic rings. The number of rotatable bonds is 9. The van der Waals surface area contributed by atoms with Crippen molar-refractivity contribution < 1.29 is 14.3 Å². The Bertz CT molecular complexity index is 469. The Morgan fingerprint density at radius 2 is 1.64 bits per heavy atom. The van der Waals surface area contributed by atoms with Crippen molar-refractivity contribution in [3.05, 3.63) is 29.8 Å². The fraction of sp³-hybridized carbons (Fsp3) is 0.529. The van der Waals surface area contributed by atoms with E-state index in [9.17, 15) is 9.59 Å². The van der Waals surface area contributed by atoms with Gasteiger partial charge in [0.25, 0.3) is 0 Å². The van der Waals surface area contributed by atoms with Crippen molar-refractivity contribution >= 4 is 11.8 Å². The van der Waals surface area contributed by atoms with Gasteiger partial charge in [0.05, 0.1) is 13.0 Å². The molecule has 0 aromatic heterocycles. The number of nitrogens with one attached hydrogen (secondary N) is 2. The van der Waals surface area contributed by atoms with Gasteiger partial charge >= 0.3 is 0 Å². The van der Waals surface area contributed by atoms with Crippen LogP contribution < -0.4 is 15.4 Å². The van der Waals surface area contributed by atoms with Crippen LogP contribution in [-0.4, -0.2) is 31.5 Å². The molecule has 0 saturated carbocycles. The van der Waals surface area contributed by atoms with E-state index in [1.54, 1.807) is 0 Å². The zero-order chi connectivity index (χ0) is 16.4. The summed E-state index contributed by atoms with van der Waals surface area (Å²) in [6, 6.07) is 7.49. The van der Waals surface area contributed by atoms with Crippen molar-refractivity contribution in [1.82, 2.24) is 10.6 Å². The summed E-state index contributed by atoms with van der Waals surface area (Å²) in [5, 5.41) is 5.58. The lowest BCUT2D eigenvalue weighted by Crippen LogP contribution is -2.35. The number of hydrogen-bond acceptors (Lipinski definition) is 3. The summed E-state index contributed by atoms with van der Waals surface area (Å²) < 4.78 is 5.35. The highest BCUT2D eigenvalue weighted by Crippen LogP contribution is 2.12. The molecule has 0 fully saturated rings. The molecule has 0 atom stereocenters. The van der Waals surface area contributed by atoms with Gasteiger partial charge in [0, 0.05) is 19.5 Å². The summed E-state index contributed by atoms with van der Waals surface area (Å²) >= 11 is 0. The average molecular weight is 306 g/mol. The molecule has 2 amide bonds. The van der Waals surface area contributed by atoms with Crippen molar-refractivity contribution in [3.63, 3.8) is 0 Å². The molecule has 122 valence electrons. The van der Waals surface area contributed by atoms with Crippen molar-refractivity contribution in [3.8, 4) is 5.75 Å². The molecule has 0 heterocycles. The van der Waals surface area contributed by atoms with Crippen LogP contribution in [0, 0.1) is 5.92 Å². The highest BCUT2D eigenvalue weighted by Gasteiger charge is 2.05. The Hall–Kier alpha value is -2.04. The number of amides is 2. The van der Waals surface area contributed by atoms with E-state index in [0.717, 1.165) is 11.3 Å². The molecule has 0 saturated heterocycles. The molecule has 0 radical (unpaired) electrons. The Morgan fingerprint density at radius 1 is 1.05 bits per heavy atom. The molecular weight excluding hydrogens is 280 g/mol. The topological polar surface area (TPSA) is 67.4 Å². The summed E-state index contributed by atoms with van der Waals surface area (Å²) in [6.07, 6.45) is 0.840. The zero-order valence-electron chi connectivity index (χ0n) is 13.6. The lowest BCUT2D eigenvalue weighted by atomic mass is 10.1. The van der Waals surface area contributed by atoms with Crippen LogP contribution in [0.3, 0.4) is 0 Å². The molecule has 1 aromatic rings. The van der Waals surface area contributed by atoms with Crippen LogP contribution >= 0.6 is 0 Å². The van der Waals surface area contributed by atoms with Crippen LogP contribution in [0.2, 0.25) is 0 Å². The van der Waals surface area contributed by atoms with Gasteiger partial charge in [-0.15, -0.1) is 0 Å². The van der Waals surface area contributed by atoms with E-state index in [4.69, 9.17) is 4.74 Å². The summed E-state index contributed by atoms with van der Waals surface area (Å²) in [5.74, 6) is 1.12. The summed E-state index contributed by atoms with van der Waals surface area (Å²) in [5.41, 5.74) is 0.935. The van der Waals surface area contributed by atoms with E-state index in [-0.39, 0.29) is 11.8 Å². The van der Waals surface area contributed by atoms with Crippen molar-refractivity contribution in [1.29, 1.82) is 0 Å². The number of carbonyl (C=O) groups is 2. The normalized spacial score (nSPS) is 10.4. The number of carbonyl (C=O) groups excluding carboxylic acids is 2. The molecule has 0 spiro atoms. The molecule has 5 nitrogen and oxygen atoms in total. The van der Waals surface area contributed by atoms with Gasteiger partial charge in [0.2, 0.25) is 11.8 Å². The van der Waals surface area contributed by atoms with Gasteiger partial charge in [0.15, 0.2) is 0 Å². The molecule has 1 aromatic carbocycles. The third kappa shape index (κ3) is 7.67. The van der Waals surface area contributed by atoms with Gasteiger partial charge in [-0.25, -0.2) is 0 Å². The number of benzene rings is 1. The van der Waals surface area contributed by atoms with Crippen molar-refractivity contribution in [2.24, 2.45) is 5.92 Å². The van der Waals surface area contributed by atoms with Gasteiger partial charge in [-0.2, -0.15) is 0 Å². The lowest BCUT2D eigenvalue weighted by molar-refractivity contribution is -0.123. The number of hydrogen-bond donors (Lipinski definition) is 2. The zero-order valence-corrected chi connectivity index (χ0v) is 13.6. The van der Waals surface area contributed by atoms with Crippen LogP contribution in [-0.2, 0) is 16.0 Å². The fourth-order valence-electron chi connectivity index (χ4n) is 1.96. The first-order valence-electron chi connectivity index (χ1n) is 7.76. The minimum absolute atomic E-state index is 0.0239. The van der Waals surface area contributed by atoms with Crippen molar-refractivity contribution in [2.75, 3.05) is 19.7 Å². The van der Waals surface area contributed by atoms with Crippen LogP contribution in [0.25, 0.3) is 0 Å². The molecule has 0 unspecified atom stereocenters.